The van der Waals surface area contributed by atoms with Gasteiger partial charge in [-0.05, 0) is 5.41 Å². The summed E-state index contributed by atoms with van der Waals surface area (Å²) in [5.74, 6) is 0. The molecule has 1 unspecified atom stereocenters. The molecule has 2 N–H and O–H groups in total. The monoisotopic (exact) mass is 243 g/mol. The SMILES string of the molecule is COc1ncc(Cl)c(CC(N)C(C)(C)C)n1. The van der Waals surface area contributed by atoms with Crippen LogP contribution in [0.4, 0.5) is 0 Å². The molecule has 0 amide bonds. The smallest absolute Gasteiger partial charge is 0.316 e. The van der Waals surface area contributed by atoms with Crippen LogP contribution < -0.4 is 10.5 Å². The van der Waals surface area contributed by atoms with Crippen molar-refractivity contribution >= 4 is 11.6 Å². The Morgan fingerprint density at radius 2 is 2.12 bits per heavy atom. The molecule has 1 heterocycles. The summed E-state index contributed by atoms with van der Waals surface area (Å²) in [7, 11) is 1.52. The Kier molecular flexibility index (Phi) is 4.10. The number of hydrogen-bond donors (Lipinski definition) is 1. The van der Waals surface area contributed by atoms with Gasteiger partial charge in [-0.15, -0.1) is 0 Å². The minimum absolute atomic E-state index is 0.00962. The maximum Gasteiger partial charge on any atom is 0.316 e. The molecule has 1 atom stereocenters. The number of rotatable bonds is 3. The lowest BCUT2D eigenvalue weighted by molar-refractivity contribution is 0.314. The van der Waals surface area contributed by atoms with Crippen molar-refractivity contribution < 1.29 is 4.74 Å². The average molecular weight is 244 g/mol. The number of hydrogen-bond acceptors (Lipinski definition) is 4. The summed E-state index contributed by atoms with van der Waals surface area (Å²) in [6.45, 7) is 6.26. The fourth-order valence-electron chi connectivity index (χ4n) is 1.14. The fraction of sp³-hybridized carbons (Fsp3) is 0.636. The van der Waals surface area contributed by atoms with Crippen LogP contribution in [0.2, 0.25) is 5.02 Å². The Balaban J connectivity index is 2.88. The van der Waals surface area contributed by atoms with Crippen molar-refractivity contribution in [2.45, 2.75) is 33.2 Å². The van der Waals surface area contributed by atoms with E-state index in [1.54, 1.807) is 0 Å². The van der Waals surface area contributed by atoms with Gasteiger partial charge in [-0.3, -0.25) is 0 Å². The standard InChI is InChI=1S/C11H18ClN3O/c1-11(2,3)9(13)5-8-7(12)6-14-10(15-8)16-4/h6,9H,5,13H2,1-4H3. The van der Waals surface area contributed by atoms with Crippen LogP contribution in [0, 0.1) is 5.41 Å². The maximum absolute atomic E-state index is 6.08. The molecule has 0 spiro atoms. The van der Waals surface area contributed by atoms with Gasteiger partial charge < -0.3 is 10.5 Å². The highest BCUT2D eigenvalue weighted by Gasteiger charge is 2.22. The van der Waals surface area contributed by atoms with Crippen LogP contribution in [0.15, 0.2) is 6.20 Å². The summed E-state index contributed by atoms with van der Waals surface area (Å²) in [6, 6.07) is 0.310. The van der Waals surface area contributed by atoms with Crippen LogP contribution in [0.25, 0.3) is 0 Å². The summed E-state index contributed by atoms with van der Waals surface area (Å²) in [6.07, 6.45) is 2.15. The summed E-state index contributed by atoms with van der Waals surface area (Å²) in [5.41, 5.74) is 6.83. The van der Waals surface area contributed by atoms with Crippen LogP contribution in [0.5, 0.6) is 6.01 Å². The first-order chi connectivity index (χ1) is 7.34. The van der Waals surface area contributed by atoms with Crippen LogP contribution in [0.3, 0.4) is 0 Å². The molecule has 0 radical (unpaired) electrons. The number of aromatic nitrogens is 2. The third-order valence-electron chi connectivity index (χ3n) is 2.50. The van der Waals surface area contributed by atoms with E-state index >= 15 is 0 Å². The van der Waals surface area contributed by atoms with Gasteiger partial charge in [0, 0.05) is 12.5 Å². The Labute approximate surface area is 101 Å². The van der Waals surface area contributed by atoms with Gasteiger partial charge in [-0.1, -0.05) is 32.4 Å². The fourth-order valence-corrected chi connectivity index (χ4v) is 1.31. The minimum Gasteiger partial charge on any atom is -0.467 e. The molecule has 1 aromatic rings. The number of methoxy groups -OCH3 is 1. The largest absolute Gasteiger partial charge is 0.467 e. The summed E-state index contributed by atoms with van der Waals surface area (Å²) in [5, 5.41) is 0.528. The van der Waals surface area contributed by atoms with Crippen molar-refractivity contribution in [3.05, 3.63) is 16.9 Å². The first-order valence-electron chi connectivity index (χ1n) is 5.15. The number of nitrogens with zero attached hydrogens (tertiary/aromatic N) is 2. The highest BCUT2D eigenvalue weighted by atomic mass is 35.5. The molecule has 0 aromatic carbocycles. The highest BCUT2D eigenvalue weighted by Crippen LogP contribution is 2.23. The Bertz CT molecular complexity index is 363. The molecule has 0 saturated heterocycles. The van der Waals surface area contributed by atoms with Crippen molar-refractivity contribution in [3.63, 3.8) is 0 Å². The Hall–Kier alpha value is -0.870. The van der Waals surface area contributed by atoms with Crippen molar-refractivity contribution in [2.75, 3.05) is 7.11 Å². The van der Waals surface area contributed by atoms with E-state index in [4.69, 9.17) is 22.1 Å². The van der Waals surface area contributed by atoms with Crippen LogP contribution >= 0.6 is 11.6 Å². The van der Waals surface area contributed by atoms with E-state index in [2.05, 4.69) is 30.7 Å². The van der Waals surface area contributed by atoms with Gasteiger partial charge in [0.2, 0.25) is 0 Å². The number of nitrogens with two attached hydrogens (primary N) is 1. The van der Waals surface area contributed by atoms with Crippen molar-refractivity contribution in [1.82, 2.24) is 9.97 Å². The lowest BCUT2D eigenvalue weighted by Crippen LogP contribution is -2.37. The second kappa shape index (κ2) is 4.97. The third-order valence-corrected chi connectivity index (χ3v) is 2.82. The van der Waals surface area contributed by atoms with E-state index in [1.807, 2.05) is 0 Å². The topological polar surface area (TPSA) is 61.0 Å². The molecule has 0 aliphatic rings. The summed E-state index contributed by atoms with van der Waals surface area (Å²) in [4.78, 5) is 8.12. The third kappa shape index (κ3) is 3.32. The Morgan fingerprint density at radius 3 is 2.62 bits per heavy atom. The molecule has 4 nitrogen and oxygen atoms in total. The highest BCUT2D eigenvalue weighted by molar-refractivity contribution is 6.31. The molecule has 0 fully saturated rings. The number of ether oxygens (including phenoxy) is 1. The Morgan fingerprint density at radius 1 is 1.50 bits per heavy atom. The van der Waals surface area contributed by atoms with Gasteiger partial charge in [-0.2, -0.15) is 4.98 Å². The van der Waals surface area contributed by atoms with Crippen molar-refractivity contribution in [2.24, 2.45) is 11.1 Å². The van der Waals surface area contributed by atoms with Gasteiger partial charge in [0.25, 0.3) is 0 Å². The lowest BCUT2D eigenvalue weighted by Gasteiger charge is -2.26. The molecule has 5 heteroatoms. The van der Waals surface area contributed by atoms with Crippen LogP contribution in [-0.2, 0) is 6.42 Å². The molecule has 1 rings (SSSR count). The average Bonchev–Trinajstić information content (AvgIpc) is 2.19. The molecule has 1 aromatic heterocycles. The quantitative estimate of drug-likeness (QED) is 0.883. The first-order valence-corrected chi connectivity index (χ1v) is 5.53. The second-order valence-electron chi connectivity index (χ2n) is 4.83. The first kappa shape index (κ1) is 13.2. The predicted octanol–water partition coefficient (Wildman–Crippen LogP) is 2.05. The zero-order chi connectivity index (χ0) is 12.3. The van der Waals surface area contributed by atoms with Crippen LogP contribution in [0.1, 0.15) is 26.5 Å². The minimum atomic E-state index is -0.00962. The van der Waals surface area contributed by atoms with Gasteiger partial charge >= 0.3 is 6.01 Å². The predicted molar refractivity (Wildman–Crippen MR) is 64.7 cm³/mol. The van der Waals surface area contributed by atoms with Crippen LogP contribution in [-0.4, -0.2) is 23.1 Å². The number of halogens is 1. The molecular weight excluding hydrogens is 226 g/mol. The zero-order valence-corrected chi connectivity index (χ0v) is 10.9. The van der Waals surface area contributed by atoms with E-state index in [0.29, 0.717) is 17.5 Å². The van der Waals surface area contributed by atoms with E-state index in [9.17, 15) is 0 Å². The molecule has 0 bridgehead atoms. The molecule has 0 aliphatic heterocycles. The van der Waals surface area contributed by atoms with E-state index in [1.165, 1.54) is 13.3 Å². The van der Waals surface area contributed by atoms with E-state index in [-0.39, 0.29) is 11.5 Å². The normalized spacial score (nSPS) is 13.6. The molecule has 16 heavy (non-hydrogen) atoms. The lowest BCUT2D eigenvalue weighted by atomic mass is 9.85. The van der Waals surface area contributed by atoms with E-state index in [0.717, 1.165) is 5.69 Å². The van der Waals surface area contributed by atoms with Crippen molar-refractivity contribution in [1.29, 1.82) is 0 Å². The molecular formula is C11H18ClN3O. The van der Waals surface area contributed by atoms with Gasteiger partial charge in [0.05, 0.1) is 24.0 Å². The molecule has 90 valence electrons. The summed E-state index contributed by atoms with van der Waals surface area (Å²) < 4.78 is 4.96. The van der Waals surface area contributed by atoms with Gasteiger partial charge in [0.15, 0.2) is 0 Å². The zero-order valence-electron chi connectivity index (χ0n) is 10.1. The van der Waals surface area contributed by atoms with Gasteiger partial charge in [-0.25, -0.2) is 4.98 Å². The van der Waals surface area contributed by atoms with Gasteiger partial charge in [0.1, 0.15) is 0 Å². The van der Waals surface area contributed by atoms with E-state index < -0.39 is 0 Å². The maximum atomic E-state index is 6.08. The summed E-state index contributed by atoms with van der Waals surface area (Å²) >= 11 is 6.01. The molecule has 0 aliphatic carbocycles. The van der Waals surface area contributed by atoms with Crippen molar-refractivity contribution in [3.8, 4) is 6.01 Å². The molecule has 0 saturated carbocycles. The second-order valence-corrected chi connectivity index (χ2v) is 5.24.